The Bertz CT molecular complexity index is 1360. The van der Waals surface area contributed by atoms with Crippen molar-refractivity contribution in [2.24, 2.45) is 0 Å². The molecule has 0 unspecified atom stereocenters. The number of carbonyl (C=O) groups is 1. The van der Waals surface area contributed by atoms with E-state index in [2.05, 4.69) is 5.32 Å². The van der Waals surface area contributed by atoms with Crippen LogP contribution in [0, 0.1) is 0 Å². The number of hydrogen-bond donors (Lipinski definition) is 5. The number of para-hydroxylation sites is 1. The minimum atomic E-state index is -0.725. The van der Waals surface area contributed by atoms with Gasteiger partial charge >= 0.3 is 0 Å². The van der Waals surface area contributed by atoms with Crippen molar-refractivity contribution in [1.82, 2.24) is 0 Å². The highest BCUT2D eigenvalue weighted by atomic mass is 16.3. The lowest BCUT2D eigenvalue weighted by atomic mass is 10.1. The number of phenolic OH excluding ortho intramolecular Hbond substituents is 4. The fourth-order valence-corrected chi connectivity index (χ4v) is 2.97. The van der Waals surface area contributed by atoms with Gasteiger partial charge in [0.15, 0.2) is 28.8 Å². The first kappa shape index (κ1) is 18.9. The highest BCUT2D eigenvalue weighted by Gasteiger charge is 2.20. The van der Waals surface area contributed by atoms with Gasteiger partial charge in [-0.2, -0.15) is 0 Å². The molecule has 3 aromatic carbocycles. The summed E-state index contributed by atoms with van der Waals surface area (Å²) < 4.78 is 5.84. The van der Waals surface area contributed by atoms with Crippen LogP contribution in [-0.2, 0) is 0 Å². The van der Waals surface area contributed by atoms with Crippen molar-refractivity contribution in [1.29, 1.82) is 0 Å². The van der Waals surface area contributed by atoms with Crippen molar-refractivity contribution in [3.63, 3.8) is 0 Å². The summed E-state index contributed by atoms with van der Waals surface area (Å²) in [6.07, 6.45) is 0. The predicted octanol–water partition coefficient (Wildman–Crippen LogP) is 3.53. The molecule has 0 saturated carbocycles. The average molecular weight is 405 g/mol. The highest BCUT2D eigenvalue weighted by Crippen LogP contribution is 2.35. The van der Waals surface area contributed by atoms with Gasteiger partial charge in [0.05, 0.1) is 5.39 Å². The number of phenols is 4. The summed E-state index contributed by atoms with van der Waals surface area (Å²) in [6.45, 7) is 0. The van der Waals surface area contributed by atoms with Crippen molar-refractivity contribution in [2.45, 2.75) is 0 Å². The molecule has 0 spiro atoms. The standard InChI is InChI=1S/C22H15NO7/c24-14-7-5-11(9-16(14)26)21-19(20(28)13-3-1-2-4-18(13)30-21)23-22(29)12-6-8-15(25)17(27)10-12/h1-10,24-27H,(H,23,29). The molecule has 0 fully saturated rings. The van der Waals surface area contributed by atoms with Gasteiger partial charge in [-0.05, 0) is 48.5 Å². The molecule has 0 bridgehead atoms. The maximum Gasteiger partial charge on any atom is 0.256 e. The molecular weight excluding hydrogens is 390 g/mol. The number of benzene rings is 3. The number of rotatable bonds is 3. The second kappa shape index (κ2) is 7.17. The molecule has 0 aliphatic carbocycles. The molecule has 0 saturated heterocycles. The number of hydrogen-bond acceptors (Lipinski definition) is 7. The Morgan fingerprint density at radius 2 is 1.47 bits per heavy atom. The molecule has 0 radical (unpaired) electrons. The Balaban J connectivity index is 1.89. The SMILES string of the molecule is O=C(Nc1c(-c2ccc(O)c(O)c2)oc2ccccc2c1=O)c1ccc(O)c(O)c1. The molecule has 1 aromatic heterocycles. The largest absolute Gasteiger partial charge is 0.504 e. The first-order chi connectivity index (χ1) is 14.3. The average Bonchev–Trinajstić information content (AvgIpc) is 2.74. The van der Waals surface area contributed by atoms with Crippen LogP contribution in [0.15, 0.2) is 69.9 Å². The number of aromatic hydroxyl groups is 4. The van der Waals surface area contributed by atoms with Gasteiger partial charge in [-0.25, -0.2) is 0 Å². The third kappa shape index (κ3) is 3.26. The summed E-state index contributed by atoms with van der Waals surface area (Å²) in [5, 5.41) is 41.2. The van der Waals surface area contributed by atoms with Gasteiger partial charge in [0.1, 0.15) is 11.3 Å². The van der Waals surface area contributed by atoms with Crippen LogP contribution >= 0.6 is 0 Å². The van der Waals surface area contributed by atoms with E-state index in [0.29, 0.717) is 0 Å². The molecular formula is C22H15NO7. The Kier molecular flexibility index (Phi) is 4.51. The van der Waals surface area contributed by atoms with E-state index in [4.69, 9.17) is 4.42 Å². The normalized spacial score (nSPS) is 10.8. The molecule has 8 nitrogen and oxygen atoms in total. The van der Waals surface area contributed by atoms with Crippen LogP contribution < -0.4 is 10.7 Å². The number of amides is 1. The molecule has 4 rings (SSSR count). The molecule has 0 aliphatic heterocycles. The van der Waals surface area contributed by atoms with Crippen molar-refractivity contribution >= 4 is 22.6 Å². The van der Waals surface area contributed by atoms with Crippen LogP contribution in [-0.4, -0.2) is 26.3 Å². The van der Waals surface area contributed by atoms with Crippen molar-refractivity contribution < 1.29 is 29.6 Å². The van der Waals surface area contributed by atoms with Gasteiger partial charge in [-0.3, -0.25) is 9.59 Å². The van der Waals surface area contributed by atoms with Crippen molar-refractivity contribution in [2.75, 3.05) is 5.32 Å². The van der Waals surface area contributed by atoms with Gasteiger partial charge in [-0.1, -0.05) is 12.1 Å². The summed E-state index contributed by atoms with van der Waals surface area (Å²) in [7, 11) is 0. The van der Waals surface area contributed by atoms with Crippen LogP contribution in [0.1, 0.15) is 10.4 Å². The summed E-state index contributed by atoms with van der Waals surface area (Å²) in [5.74, 6) is -2.41. The second-order valence-electron chi connectivity index (χ2n) is 6.49. The van der Waals surface area contributed by atoms with Crippen molar-refractivity contribution in [3.8, 4) is 34.3 Å². The molecule has 150 valence electrons. The number of nitrogens with one attached hydrogen (secondary N) is 1. The van der Waals surface area contributed by atoms with E-state index >= 15 is 0 Å². The summed E-state index contributed by atoms with van der Waals surface area (Å²) in [5.41, 5.74) is -0.188. The Labute approximate surface area is 168 Å². The van der Waals surface area contributed by atoms with E-state index in [1.54, 1.807) is 24.3 Å². The summed E-state index contributed by atoms with van der Waals surface area (Å²) in [4.78, 5) is 25.8. The fraction of sp³-hybridized carbons (Fsp3) is 0. The molecule has 1 heterocycles. The number of carbonyl (C=O) groups excluding carboxylic acids is 1. The molecule has 5 N–H and O–H groups in total. The first-order valence-corrected chi connectivity index (χ1v) is 8.76. The molecule has 30 heavy (non-hydrogen) atoms. The van der Waals surface area contributed by atoms with Gasteiger partial charge in [0, 0.05) is 11.1 Å². The van der Waals surface area contributed by atoms with Crippen molar-refractivity contribution in [3.05, 3.63) is 76.5 Å². The van der Waals surface area contributed by atoms with Gasteiger partial charge < -0.3 is 30.2 Å². The zero-order chi connectivity index (χ0) is 21.4. The lowest BCUT2D eigenvalue weighted by molar-refractivity contribution is 0.102. The van der Waals surface area contributed by atoms with Crippen LogP contribution in [0.2, 0.25) is 0 Å². The van der Waals surface area contributed by atoms with Crippen LogP contribution in [0.25, 0.3) is 22.3 Å². The Morgan fingerprint density at radius 1 is 0.800 bits per heavy atom. The third-order valence-electron chi connectivity index (χ3n) is 4.51. The molecule has 0 atom stereocenters. The molecule has 8 heteroatoms. The van der Waals surface area contributed by atoms with Crippen LogP contribution in [0.5, 0.6) is 23.0 Å². The number of anilines is 1. The zero-order valence-electron chi connectivity index (χ0n) is 15.3. The quantitative estimate of drug-likeness (QED) is 0.328. The Morgan fingerprint density at radius 3 is 2.17 bits per heavy atom. The van der Waals surface area contributed by atoms with Crippen LogP contribution in [0.3, 0.4) is 0 Å². The zero-order valence-corrected chi connectivity index (χ0v) is 15.3. The topological polar surface area (TPSA) is 140 Å². The maximum atomic E-state index is 13.1. The van der Waals surface area contributed by atoms with Gasteiger partial charge in [0.2, 0.25) is 5.43 Å². The van der Waals surface area contributed by atoms with E-state index in [-0.39, 0.29) is 39.3 Å². The molecule has 0 aliphatic rings. The predicted molar refractivity (Wildman–Crippen MR) is 109 cm³/mol. The Hall–Kier alpha value is -4.46. The first-order valence-electron chi connectivity index (χ1n) is 8.76. The van der Waals surface area contributed by atoms with E-state index in [9.17, 15) is 30.0 Å². The van der Waals surface area contributed by atoms with Gasteiger partial charge in [-0.15, -0.1) is 0 Å². The lowest BCUT2D eigenvalue weighted by Crippen LogP contribution is -2.19. The highest BCUT2D eigenvalue weighted by molar-refractivity contribution is 6.07. The monoisotopic (exact) mass is 405 g/mol. The van der Waals surface area contributed by atoms with Crippen LogP contribution in [0.4, 0.5) is 5.69 Å². The number of fused-ring (bicyclic) bond motifs is 1. The maximum absolute atomic E-state index is 13.1. The summed E-state index contributed by atoms with van der Waals surface area (Å²) in [6, 6.07) is 13.8. The smallest absolute Gasteiger partial charge is 0.256 e. The fourth-order valence-electron chi connectivity index (χ4n) is 2.97. The minimum absolute atomic E-state index is 0.00244. The van der Waals surface area contributed by atoms with Gasteiger partial charge in [0.25, 0.3) is 5.91 Å². The van der Waals surface area contributed by atoms with E-state index in [0.717, 1.165) is 12.1 Å². The molecule has 4 aromatic rings. The minimum Gasteiger partial charge on any atom is -0.504 e. The summed E-state index contributed by atoms with van der Waals surface area (Å²) >= 11 is 0. The second-order valence-corrected chi connectivity index (χ2v) is 6.49. The molecule has 1 amide bonds. The lowest BCUT2D eigenvalue weighted by Gasteiger charge is -2.12. The van der Waals surface area contributed by atoms with E-state index in [1.165, 1.54) is 24.3 Å². The third-order valence-corrected chi connectivity index (χ3v) is 4.51. The van der Waals surface area contributed by atoms with E-state index < -0.39 is 28.6 Å². The van der Waals surface area contributed by atoms with E-state index in [1.807, 2.05) is 0 Å².